The van der Waals surface area contributed by atoms with E-state index in [1.165, 1.54) is 10.4 Å². The number of sulfonamides is 2. The number of methoxy groups -OCH3 is 1. The molecule has 0 bridgehead atoms. The zero-order chi connectivity index (χ0) is 18.1. The molecule has 0 amide bonds. The summed E-state index contributed by atoms with van der Waals surface area (Å²) in [5, 5.41) is 8.37. The molecule has 8 nitrogen and oxygen atoms in total. The fourth-order valence-electron chi connectivity index (χ4n) is 2.54. The zero-order valence-electron chi connectivity index (χ0n) is 13.9. The number of hydrogen-bond acceptors (Lipinski definition) is 7. The Kier molecular flexibility index (Phi) is 6.06. The van der Waals surface area contributed by atoms with Gasteiger partial charge in [0.2, 0.25) is 10.0 Å². The Balaban J connectivity index is 2.43. The molecule has 1 aromatic rings. The van der Waals surface area contributed by atoms with Crippen LogP contribution in [0.4, 0.5) is 0 Å². The highest BCUT2D eigenvalue weighted by Gasteiger charge is 2.39. The van der Waals surface area contributed by atoms with Crippen LogP contribution >= 0.6 is 11.3 Å². The van der Waals surface area contributed by atoms with Crippen molar-refractivity contribution >= 4 is 31.4 Å². The van der Waals surface area contributed by atoms with E-state index < -0.39 is 20.0 Å². The molecule has 2 rings (SSSR count). The average Bonchev–Trinajstić information content (AvgIpc) is 2.95. The van der Waals surface area contributed by atoms with Crippen LogP contribution in [0.3, 0.4) is 0 Å². The molecule has 2 unspecified atom stereocenters. The maximum absolute atomic E-state index is 12.8. The van der Waals surface area contributed by atoms with Crippen LogP contribution in [0.25, 0.3) is 0 Å². The Bertz CT molecular complexity index is 788. The maximum Gasteiger partial charge on any atom is 0.252 e. The van der Waals surface area contributed by atoms with E-state index in [0.717, 1.165) is 0 Å². The predicted molar refractivity (Wildman–Crippen MR) is 92.0 cm³/mol. The van der Waals surface area contributed by atoms with Crippen molar-refractivity contribution in [2.45, 2.75) is 40.8 Å². The smallest absolute Gasteiger partial charge is 0.252 e. The average molecular weight is 398 g/mol. The van der Waals surface area contributed by atoms with Crippen LogP contribution in [-0.2, 0) is 24.8 Å². The molecule has 2 atom stereocenters. The number of nitrogens with one attached hydrogen (secondary N) is 1. The van der Waals surface area contributed by atoms with Gasteiger partial charge in [-0.2, -0.15) is 4.31 Å². The van der Waals surface area contributed by atoms with E-state index in [1.54, 1.807) is 7.11 Å². The predicted octanol–water partition coefficient (Wildman–Crippen LogP) is 0.475. The second-order valence-corrected chi connectivity index (χ2v) is 10.6. The molecule has 3 N–H and O–H groups in total. The van der Waals surface area contributed by atoms with Gasteiger partial charge in [-0.3, -0.25) is 0 Å². The highest BCUT2D eigenvalue weighted by molar-refractivity contribution is 7.94. The van der Waals surface area contributed by atoms with Gasteiger partial charge in [-0.15, -0.1) is 11.3 Å². The van der Waals surface area contributed by atoms with E-state index in [0.29, 0.717) is 36.4 Å². The summed E-state index contributed by atoms with van der Waals surface area (Å²) in [7, 11) is -6.11. The van der Waals surface area contributed by atoms with Crippen LogP contribution in [0, 0.1) is 0 Å². The highest BCUT2D eigenvalue weighted by atomic mass is 32.3. The van der Waals surface area contributed by atoms with Gasteiger partial charge in [0.05, 0.1) is 6.10 Å². The van der Waals surface area contributed by atoms with Gasteiger partial charge in [0.1, 0.15) is 8.42 Å². The molecule has 0 aliphatic carbocycles. The molecule has 0 saturated heterocycles. The summed E-state index contributed by atoms with van der Waals surface area (Å²) in [6.07, 6.45) is 0.486. The number of likely N-dealkylation sites (N-methyl/N-ethyl adjacent to an activating group) is 1. The van der Waals surface area contributed by atoms with E-state index in [-0.39, 0.29) is 27.1 Å². The van der Waals surface area contributed by atoms with Gasteiger partial charge in [-0.1, -0.05) is 6.92 Å². The van der Waals surface area contributed by atoms with E-state index in [9.17, 15) is 16.8 Å². The topological polar surface area (TPSA) is 119 Å². The molecule has 24 heavy (non-hydrogen) atoms. The summed E-state index contributed by atoms with van der Waals surface area (Å²) >= 11 is 0.709. The quantitative estimate of drug-likeness (QED) is 0.690. The SMILES string of the molecule is CCNC1CN(CCC(C)OC)S(=O)(=O)c2sc(S(N)(=O)=O)cc21. The summed E-state index contributed by atoms with van der Waals surface area (Å²) < 4.78 is 55.3. The Hall–Kier alpha value is -0.560. The second-order valence-electron chi connectivity index (χ2n) is 5.66. The molecule has 2 heterocycles. The number of nitrogens with two attached hydrogens (primary N) is 1. The summed E-state index contributed by atoms with van der Waals surface area (Å²) in [6, 6.07) is 1.10. The summed E-state index contributed by atoms with van der Waals surface area (Å²) in [5.41, 5.74) is 0.474. The van der Waals surface area contributed by atoms with E-state index >= 15 is 0 Å². The minimum absolute atomic E-state index is 0.0498. The lowest BCUT2D eigenvalue weighted by molar-refractivity contribution is 0.105. The third-order valence-corrected chi connectivity index (χ3v) is 8.92. The Morgan fingerprint density at radius 2 is 2.21 bits per heavy atom. The number of ether oxygens (including phenoxy) is 1. The first-order valence-electron chi connectivity index (χ1n) is 7.54. The van der Waals surface area contributed by atoms with E-state index in [2.05, 4.69) is 5.32 Å². The number of nitrogens with zero attached hydrogens (tertiary/aromatic N) is 1. The lowest BCUT2D eigenvalue weighted by Gasteiger charge is -2.32. The van der Waals surface area contributed by atoms with Crippen molar-refractivity contribution in [3.8, 4) is 0 Å². The molecule has 11 heteroatoms. The van der Waals surface area contributed by atoms with Crippen LogP contribution in [0.15, 0.2) is 14.5 Å². The maximum atomic E-state index is 12.8. The number of primary sulfonamides is 1. The molecular formula is C13H23N3O5S3. The van der Waals surface area contributed by atoms with Crippen molar-refractivity contribution in [1.29, 1.82) is 0 Å². The van der Waals surface area contributed by atoms with Crippen molar-refractivity contribution in [1.82, 2.24) is 9.62 Å². The first kappa shape index (κ1) is 19.8. The Morgan fingerprint density at radius 1 is 1.54 bits per heavy atom. The molecule has 1 aromatic heterocycles. The standard InChI is InChI=1S/C13H23N3O5S3/c1-4-15-11-8-16(6-5-9(2)21-3)24(19,20)13-10(11)7-12(22-13)23(14,17)18/h7,9,11,15H,4-6,8H2,1-3H3,(H2,14,17,18). The van der Waals surface area contributed by atoms with Crippen LogP contribution < -0.4 is 10.5 Å². The molecule has 0 spiro atoms. The Morgan fingerprint density at radius 3 is 2.75 bits per heavy atom. The van der Waals surface area contributed by atoms with Crippen molar-refractivity contribution in [2.75, 3.05) is 26.7 Å². The third-order valence-electron chi connectivity index (χ3n) is 3.96. The number of fused-ring (bicyclic) bond motifs is 1. The fourth-order valence-corrected chi connectivity index (χ4v) is 6.83. The molecule has 0 aromatic carbocycles. The molecular weight excluding hydrogens is 374 g/mol. The van der Waals surface area contributed by atoms with Crippen molar-refractivity contribution < 1.29 is 21.6 Å². The number of thiophene rings is 1. The lowest BCUT2D eigenvalue weighted by atomic mass is 10.1. The molecule has 0 saturated carbocycles. The van der Waals surface area contributed by atoms with Gasteiger partial charge >= 0.3 is 0 Å². The second kappa shape index (κ2) is 7.36. The van der Waals surface area contributed by atoms with Gasteiger partial charge in [0.15, 0.2) is 0 Å². The van der Waals surface area contributed by atoms with Crippen molar-refractivity contribution in [2.24, 2.45) is 5.14 Å². The molecule has 0 radical (unpaired) electrons. The van der Waals surface area contributed by atoms with Crippen LogP contribution in [0.5, 0.6) is 0 Å². The summed E-state index contributed by atoms with van der Waals surface area (Å²) in [6.45, 7) is 4.97. The normalized spacial score (nSPS) is 22.2. The van der Waals surface area contributed by atoms with Crippen molar-refractivity contribution in [3.05, 3.63) is 11.6 Å². The number of hydrogen-bond donors (Lipinski definition) is 2. The largest absolute Gasteiger partial charge is 0.382 e. The first-order valence-corrected chi connectivity index (χ1v) is 11.3. The van der Waals surface area contributed by atoms with E-state index in [1.807, 2.05) is 13.8 Å². The minimum atomic E-state index is -3.94. The van der Waals surface area contributed by atoms with Gasteiger partial charge < -0.3 is 10.1 Å². The minimum Gasteiger partial charge on any atom is -0.382 e. The number of rotatable bonds is 7. The third kappa shape index (κ3) is 3.98. The molecule has 1 aliphatic heterocycles. The van der Waals surface area contributed by atoms with Gasteiger partial charge in [0, 0.05) is 31.8 Å². The molecule has 138 valence electrons. The van der Waals surface area contributed by atoms with Crippen molar-refractivity contribution in [3.63, 3.8) is 0 Å². The first-order chi connectivity index (χ1) is 11.1. The fraction of sp³-hybridized carbons (Fsp3) is 0.692. The Labute approximate surface area is 147 Å². The van der Waals surface area contributed by atoms with E-state index in [4.69, 9.17) is 9.88 Å². The van der Waals surface area contributed by atoms with Crippen LogP contribution in [0.1, 0.15) is 31.9 Å². The van der Waals surface area contributed by atoms with Crippen LogP contribution in [0.2, 0.25) is 0 Å². The van der Waals surface area contributed by atoms with Crippen LogP contribution in [-0.4, -0.2) is 54.0 Å². The zero-order valence-corrected chi connectivity index (χ0v) is 16.3. The van der Waals surface area contributed by atoms with Gasteiger partial charge in [-0.25, -0.2) is 22.0 Å². The molecule has 1 aliphatic rings. The lowest BCUT2D eigenvalue weighted by Crippen LogP contribution is -2.44. The summed E-state index contributed by atoms with van der Waals surface area (Å²) in [4.78, 5) is 0. The monoisotopic (exact) mass is 397 g/mol. The van der Waals surface area contributed by atoms with Gasteiger partial charge in [-0.05, 0) is 26.0 Å². The molecule has 0 fully saturated rings. The van der Waals surface area contributed by atoms with Gasteiger partial charge in [0.25, 0.3) is 10.0 Å². The highest BCUT2D eigenvalue weighted by Crippen LogP contribution is 2.39. The summed E-state index contributed by atoms with van der Waals surface area (Å²) in [5.74, 6) is 0.